The summed E-state index contributed by atoms with van der Waals surface area (Å²) in [5.74, 6) is -1.42. The molecule has 0 spiro atoms. The lowest BCUT2D eigenvalue weighted by Gasteiger charge is -2.33. The van der Waals surface area contributed by atoms with E-state index in [0.717, 1.165) is 88.8 Å². The Labute approximate surface area is 665 Å². The molecule has 0 radical (unpaired) electrons. The number of rotatable bonds is 17. The zero-order valence-corrected chi connectivity index (χ0v) is 67.0. The van der Waals surface area contributed by atoms with Crippen LogP contribution in [0.25, 0.3) is 49.8 Å². The number of fused-ring (bicyclic) bond motifs is 3. The van der Waals surface area contributed by atoms with E-state index in [-0.39, 0.29) is 47.0 Å². The molecule has 0 unspecified atom stereocenters. The van der Waals surface area contributed by atoms with E-state index >= 15 is 0 Å². The monoisotopic (exact) mass is 1570 g/mol. The van der Waals surface area contributed by atoms with Crippen molar-refractivity contribution in [3.63, 3.8) is 0 Å². The summed E-state index contributed by atoms with van der Waals surface area (Å²) in [6.07, 6.45) is 22.1. The third kappa shape index (κ3) is 17.7. The first-order chi connectivity index (χ1) is 54.2. The van der Waals surface area contributed by atoms with E-state index in [2.05, 4.69) is 31.2 Å². The number of benzene rings is 3. The number of nitrogens with one attached hydrogen (secondary N) is 3. The number of carbonyl (C=O) groups is 3. The summed E-state index contributed by atoms with van der Waals surface area (Å²) >= 11 is 0. The van der Waals surface area contributed by atoms with E-state index in [1.165, 1.54) is 18.2 Å². The maximum atomic E-state index is 13.4. The molecule has 12 aromatic rings. The molecule has 30 heteroatoms. The zero-order chi connectivity index (χ0) is 82.2. The summed E-state index contributed by atoms with van der Waals surface area (Å²) < 4.78 is 12.6. The number of amides is 3. The highest BCUT2D eigenvalue weighted by Gasteiger charge is 2.37. The molecule has 9 heterocycles. The summed E-state index contributed by atoms with van der Waals surface area (Å²) in [6.45, 7) is 21.0. The highest BCUT2D eigenvalue weighted by molar-refractivity contribution is 6.06. The second-order valence-corrected chi connectivity index (χ2v) is 34.3. The number of pyridine rings is 3. The van der Waals surface area contributed by atoms with E-state index in [0.29, 0.717) is 116 Å². The van der Waals surface area contributed by atoms with E-state index in [9.17, 15) is 60.6 Å². The van der Waals surface area contributed by atoms with Crippen LogP contribution in [0.1, 0.15) is 262 Å². The second kappa shape index (κ2) is 30.8. The average Bonchev–Trinajstić information content (AvgIpc) is 1.66. The molecule has 0 saturated heterocycles. The molecule has 4 saturated carbocycles. The first-order valence-electron chi connectivity index (χ1n) is 39.4. The molecule has 604 valence electrons. The van der Waals surface area contributed by atoms with Crippen LogP contribution in [0, 0.1) is 22.5 Å². The third-order valence-corrected chi connectivity index (χ3v) is 22.6. The van der Waals surface area contributed by atoms with Crippen molar-refractivity contribution in [2.75, 3.05) is 16.0 Å². The quantitative estimate of drug-likeness (QED) is 0.0302. The maximum absolute atomic E-state index is 13.4. The molecule has 16 rings (SSSR count). The first-order valence-corrected chi connectivity index (χ1v) is 39.4. The lowest BCUT2D eigenvalue weighted by Crippen LogP contribution is -2.41. The molecule has 3 aromatic carbocycles. The van der Waals surface area contributed by atoms with Gasteiger partial charge in [-0.2, -0.15) is 44.8 Å². The number of hydrogen-bond acceptors (Lipinski definition) is 18. The average molecular weight is 1570 g/mol. The van der Waals surface area contributed by atoms with Crippen LogP contribution in [0.15, 0.2) is 146 Å². The Balaban J connectivity index is 0.000000143. The first kappa shape index (κ1) is 80.3. The van der Waals surface area contributed by atoms with Gasteiger partial charge >= 0.3 is 17.7 Å². The topological polar surface area (TPSA) is 396 Å². The summed E-state index contributed by atoms with van der Waals surface area (Å²) in [5.41, 5.74) is 2.88. The Morgan fingerprint density at radius 2 is 0.757 bits per heavy atom. The van der Waals surface area contributed by atoms with Gasteiger partial charge in [0.1, 0.15) is 16.8 Å². The molecule has 9 N–H and O–H groups in total. The number of aliphatic hydroxyl groups is 6. The number of hydrogen-bond donors (Lipinski definition) is 9. The normalized spacial score (nSPS) is 20.7. The van der Waals surface area contributed by atoms with Crippen LogP contribution >= 0.6 is 0 Å². The summed E-state index contributed by atoms with van der Waals surface area (Å²) in [5, 5.41) is 140. The van der Waals surface area contributed by atoms with Crippen molar-refractivity contribution in [2.24, 2.45) is 0 Å². The Morgan fingerprint density at radius 3 is 1.07 bits per heavy atom. The van der Waals surface area contributed by atoms with E-state index in [1.807, 2.05) is 104 Å². The van der Waals surface area contributed by atoms with Crippen LogP contribution in [-0.4, -0.2) is 124 Å². The minimum Gasteiger partial charge on any atom is -0.618 e. The van der Waals surface area contributed by atoms with E-state index in [4.69, 9.17) is 15.3 Å². The predicted molar refractivity (Wildman–Crippen MR) is 432 cm³/mol. The molecule has 115 heavy (non-hydrogen) atoms. The van der Waals surface area contributed by atoms with Gasteiger partial charge in [-0.15, -0.1) is 0 Å². The summed E-state index contributed by atoms with van der Waals surface area (Å²) in [7, 11) is 0. The molecule has 0 atom stereocenters. The summed E-state index contributed by atoms with van der Waals surface area (Å²) in [6, 6.07) is 31.5. The van der Waals surface area contributed by atoms with Gasteiger partial charge in [-0.1, -0.05) is 13.8 Å². The van der Waals surface area contributed by atoms with Crippen LogP contribution in [0.2, 0.25) is 0 Å². The Morgan fingerprint density at radius 1 is 0.443 bits per heavy atom. The third-order valence-electron chi connectivity index (χ3n) is 22.6. The Hall–Kier alpha value is -11.3. The van der Waals surface area contributed by atoms with Crippen molar-refractivity contribution in [3.05, 3.63) is 213 Å². The van der Waals surface area contributed by atoms with Crippen LogP contribution in [-0.2, 0) is 16.8 Å². The van der Waals surface area contributed by atoms with Gasteiger partial charge in [0, 0.05) is 108 Å². The number of aryl methyl sites for hydroxylation is 1. The van der Waals surface area contributed by atoms with Gasteiger partial charge in [0.25, 0.3) is 17.1 Å². The molecule has 30 nitrogen and oxygen atoms in total. The van der Waals surface area contributed by atoms with Gasteiger partial charge < -0.3 is 62.2 Å². The van der Waals surface area contributed by atoms with Gasteiger partial charge in [0.2, 0.25) is 0 Å². The molecule has 0 aliphatic heterocycles. The lowest BCUT2D eigenvalue weighted by molar-refractivity contribution is -0.617. The Bertz CT molecular complexity index is 5400. The van der Waals surface area contributed by atoms with E-state index < -0.39 is 51.3 Å². The van der Waals surface area contributed by atoms with E-state index in [1.54, 1.807) is 136 Å². The molecule has 3 amide bonds. The maximum Gasteiger partial charge on any atom is 0.321 e. The molecule has 9 aromatic heterocycles. The van der Waals surface area contributed by atoms with Crippen molar-refractivity contribution in [1.29, 1.82) is 0 Å². The largest absolute Gasteiger partial charge is 0.618 e. The summed E-state index contributed by atoms with van der Waals surface area (Å²) in [4.78, 5) is 39.9. The zero-order valence-electron chi connectivity index (χ0n) is 67.0. The van der Waals surface area contributed by atoms with Crippen LogP contribution in [0.4, 0.5) is 17.1 Å². The fourth-order valence-electron chi connectivity index (χ4n) is 15.3. The highest BCUT2D eigenvalue weighted by atomic mass is 16.5. The molecule has 4 fully saturated rings. The number of anilines is 3. The minimum absolute atomic E-state index is 0.00477. The SMILES string of the molecule is CC(C)c1cccc(C(=O)Nc2cc3cn(C4CCC(C)(O)CC4)nc3cc2-n2ccc(C(C)(C)O)n2)[n+]1[O-].CC1(O)CCC(n2cc3cc(NC(=O)c4cccc(C5CC5)[n+]4[O-])c(-n4ccc(C(C)(C)O)n4)cc3n2)CC1.Cc1cccc(C(=O)Nc2cc3cn(C4CCC(C)(O)CC4)nc3cc2-n2ccc(C(C)(C)O)n2)[n+]1[O-]. The minimum atomic E-state index is -1.14. The van der Waals surface area contributed by atoms with Gasteiger partial charge in [-0.05, 0) is 225 Å². The molecule has 0 bridgehead atoms. The van der Waals surface area contributed by atoms with Crippen molar-refractivity contribution >= 4 is 67.5 Å². The van der Waals surface area contributed by atoms with Crippen molar-refractivity contribution in [1.82, 2.24) is 58.7 Å². The van der Waals surface area contributed by atoms with Gasteiger partial charge in [-0.3, -0.25) is 28.4 Å². The predicted octanol–water partition coefficient (Wildman–Crippen LogP) is 11.9. The van der Waals surface area contributed by atoms with Crippen LogP contribution in [0.3, 0.4) is 0 Å². The number of aromatic nitrogens is 15. The molecule has 4 aliphatic rings. The molecular formula is C85H102N18O12. The van der Waals surface area contributed by atoms with Gasteiger partial charge in [-0.25, -0.2) is 14.0 Å². The van der Waals surface area contributed by atoms with Crippen molar-refractivity contribution in [2.45, 2.75) is 237 Å². The fourth-order valence-corrected chi connectivity index (χ4v) is 15.3. The van der Waals surface area contributed by atoms with Crippen LogP contribution in [0.5, 0.6) is 0 Å². The number of carbonyl (C=O) groups excluding carboxylic acids is 3. The smallest absolute Gasteiger partial charge is 0.321 e. The number of nitrogens with zero attached hydrogens (tertiary/aromatic N) is 15. The fraction of sp³-hybridized carbons (Fsp3) is 0.435. The molecular weight excluding hydrogens is 1470 g/mol. The van der Waals surface area contributed by atoms with Crippen LogP contribution < -0.4 is 30.1 Å². The second-order valence-electron chi connectivity index (χ2n) is 34.3. The Kier molecular flexibility index (Phi) is 21.5. The van der Waals surface area contributed by atoms with Gasteiger partial charge in [0.05, 0.1) is 103 Å². The lowest BCUT2D eigenvalue weighted by atomic mass is 9.84. The highest BCUT2D eigenvalue weighted by Crippen LogP contribution is 2.42. The van der Waals surface area contributed by atoms with Crippen molar-refractivity contribution in [3.8, 4) is 17.1 Å². The standard InChI is InChI=1S/C29H34N6O4.C29H36N6O4.C27H32N6O4/c1-28(2,37)26-11-14-33(32-26)25-16-21-19(17-34(31-21)20-9-12-29(3,38)13-10-20)15-22(25)30-27(36)24-6-4-5-23(35(24)39)18-7-8-18;1-18(2)23-7-6-8-24(35(23)39)27(36)30-22-15-19-17-34(20-9-12-29(5,38)13-10-20)31-21(19)16-25(22)33-14-11-26(32-33)28(3,4)37;1-17-6-5-7-22(33(17)37)25(34)28-21-14-18-16-32(19-8-11-27(4,36)12-9-19)29-20(18)15-23(21)31-13-10-24(30-31)26(2,3)35/h4-6,11,14-18,20,37-38H,7-10,12-13H2,1-3H3,(H,30,36);6-8,11,14-18,20,37-38H,9-10,12-13H2,1-5H3,(H,30,36);5-7,10,13-16,19,35-36H,8-9,11-12H2,1-4H3,(H,28,34). The molecule has 4 aliphatic carbocycles. The van der Waals surface area contributed by atoms with Crippen molar-refractivity contribution < 1.29 is 59.2 Å². The van der Waals surface area contributed by atoms with Gasteiger partial charge in [0.15, 0.2) is 17.1 Å².